The third-order valence-corrected chi connectivity index (χ3v) is 8.60. The molecule has 3 fully saturated rings. The maximum atomic E-state index is 13.5. The topological polar surface area (TPSA) is 79.4 Å². The molecule has 1 aromatic carbocycles. The number of allylic oxidation sites excluding steroid dienone is 1. The molecule has 1 saturated carbocycles. The van der Waals surface area contributed by atoms with Crippen molar-refractivity contribution in [3.8, 4) is 5.75 Å². The Kier molecular flexibility index (Phi) is 6.57. The van der Waals surface area contributed by atoms with Gasteiger partial charge in [-0.15, -0.1) is 0 Å². The molecule has 2 saturated heterocycles. The Morgan fingerprint density at radius 2 is 1.78 bits per heavy atom. The SMILES string of the molecule is COc1ccccc1N1CCN(CCCN2C(=O)C3C(C2=O)[C@@]2(OC(C)=O)C=C(C)[C@@H]3C(C)C2)CC1. The fourth-order valence-corrected chi connectivity index (χ4v) is 7.28. The zero-order valence-corrected chi connectivity index (χ0v) is 21.7. The van der Waals surface area contributed by atoms with Gasteiger partial charge in [0.25, 0.3) is 0 Å². The highest BCUT2D eigenvalue weighted by Crippen LogP contribution is 2.58. The number of fused-ring (bicyclic) bond motifs is 1. The molecule has 0 N–H and O–H groups in total. The summed E-state index contributed by atoms with van der Waals surface area (Å²) in [6.07, 6.45) is 3.29. The quantitative estimate of drug-likeness (QED) is 0.327. The normalized spacial score (nSPS) is 31.9. The van der Waals surface area contributed by atoms with E-state index in [4.69, 9.17) is 9.47 Å². The average Bonchev–Trinajstić information content (AvgIpc) is 3.10. The highest BCUT2D eigenvalue weighted by atomic mass is 16.6. The van der Waals surface area contributed by atoms with Crippen molar-refractivity contribution >= 4 is 23.5 Å². The van der Waals surface area contributed by atoms with Gasteiger partial charge in [0.1, 0.15) is 11.4 Å². The maximum absolute atomic E-state index is 13.5. The van der Waals surface area contributed by atoms with Gasteiger partial charge < -0.3 is 14.4 Å². The van der Waals surface area contributed by atoms with E-state index in [0.717, 1.165) is 56.2 Å². The Bertz CT molecular complexity index is 1080. The molecule has 5 atom stereocenters. The van der Waals surface area contributed by atoms with Crippen LogP contribution in [0.4, 0.5) is 5.69 Å². The van der Waals surface area contributed by atoms with Crippen LogP contribution in [-0.4, -0.2) is 79.6 Å². The highest BCUT2D eigenvalue weighted by Gasteiger charge is 2.67. The van der Waals surface area contributed by atoms with E-state index in [-0.39, 0.29) is 23.7 Å². The molecule has 5 aliphatic rings. The van der Waals surface area contributed by atoms with E-state index < -0.39 is 23.4 Å². The molecule has 8 heteroatoms. The van der Waals surface area contributed by atoms with E-state index in [1.165, 1.54) is 11.8 Å². The largest absolute Gasteiger partial charge is 0.495 e. The summed E-state index contributed by atoms with van der Waals surface area (Å²) in [6.45, 7) is 10.4. The molecule has 194 valence electrons. The molecule has 0 aromatic heterocycles. The van der Waals surface area contributed by atoms with Crippen LogP contribution < -0.4 is 9.64 Å². The van der Waals surface area contributed by atoms with Crippen LogP contribution in [0.2, 0.25) is 0 Å². The molecular weight excluding hydrogens is 458 g/mol. The number of rotatable bonds is 7. The van der Waals surface area contributed by atoms with E-state index >= 15 is 0 Å². The van der Waals surface area contributed by atoms with Gasteiger partial charge in [-0.1, -0.05) is 24.6 Å². The Labute approximate surface area is 213 Å². The second-order valence-corrected chi connectivity index (χ2v) is 10.8. The summed E-state index contributed by atoms with van der Waals surface area (Å²) in [4.78, 5) is 45.2. The van der Waals surface area contributed by atoms with E-state index in [9.17, 15) is 14.4 Å². The second kappa shape index (κ2) is 9.54. The number of benzene rings is 1. The summed E-state index contributed by atoms with van der Waals surface area (Å²) in [5, 5.41) is 0. The van der Waals surface area contributed by atoms with Gasteiger partial charge in [0.05, 0.1) is 24.6 Å². The molecule has 6 rings (SSSR count). The zero-order chi connectivity index (χ0) is 25.6. The van der Waals surface area contributed by atoms with E-state index in [0.29, 0.717) is 13.0 Å². The van der Waals surface area contributed by atoms with Crippen molar-refractivity contribution in [2.75, 3.05) is 51.3 Å². The minimum Gasteiger partial charge on any atom is -0.495 e. The number of likely N-dealkylation sites (tertiary alicyclic amines) is 1. The number of para-hydroxylation sites is 2. The molecule has 2 bridgehead atoms. The molecule has 36 heavy (non-hydrogen) atoms. The van der Waals surface area contributed by atoms with Crippen LogP contribution in [0.5, 0.6) is 5.75 Å². The lowest BCUT2D eigenvalue weighted by Gasteiger charge is -2.52. The maximum Gasteiger partial charge on any atom is 0.303 e. The van der Waals surface area contributed by atoms with Gasteiger partial charge >= 0.3 is 5.97 Å². The van der Waals surface area contributed by atoms with Crippen molar-refractivity contribution in [2.24, 2.45) is 23.7 Å². The summed E-state index contributed by atoms with van der Waals surface area (Å²) >= 11 is 0. The highest BCUT2D eigenvalue weighted by molar-refractivity contribution is 6.07. The lowest BCUT2D eigenvalue weighted by molar-refractivity contribution is -0.173. The molecule has 8 nitrogen and oxygen atoms in total. The second-order valence-electron chi connectivity index (χ2n) is 10.8. The lowest BCUT2D eigenvalue weighted by atomic mass is 9.54. The number of imide groups is 1. The molecule has 2 aliphatic heterocycles. The standard InChI is InChI=1S/C28H37N3O5/c1-18-16-28(36-20(3)32)17-19(2)23(18)24-25(28)27(34)31(26(24)33)11-7-10-29-12-14-30(15-13-29)21-8-5-6-9-22(21)35-4/h5-6,8-9,16,19,23-25H,7,10-15,17H2,1-4H3/t19?,23-,24?,25?,28-/m1/s1. The first-order valence-electron chi connectivity index (χ1n) is 13.1. The molecular formula is C28H37N3O5. The number of hydrogen-bond donors (Lipinski definition) is 0. The number of hydrogen-bond acceptors (Lipinski definition) is 7. The first-order chi connectivity index (χ1) is 17.3. The van der Waals surface area contributed by atoms with Crippen LogP contribution >= 0.6 is 0 Å². The Morgan fingerprint density at radius 1 is 1.06 bits per heavy atom. The number of carbonyl (C=O) groups is 3. The Morgan fingerprint density at radius 3 is 2.44 bits per heavy atom. The predicted octanol–water partition coefficient (Wildman–Crippen LogP) is 2.73. The number of amides is 2. The number of carbonyl (C=O) groups excluding carboxylic acids is 3. The van der Waals surface area contributed by atoms with Crippen molar-refractivity contribution in [3.63, 3.8) is 0 Å². The van der Waals surface area contributed by atoms with Crippen molar-refractivity contribution in [3.05, 3.63) is 35.9 Å². The fourth-order valence-electron chi connectivity index (χ4n) is 7.28. The molecule has 2 heterocycles. The lowest BCUT2D eigenvalue weighted by Crippen LogP contribution is -2.57. The molecule has 0 spiro atoms. The van der Waals surface area contributed by atoms with Gasteiger partial charge in [-0.3, -0.25) is 24.2 Å². The number of nitrogens with zero attached hydrogens (tertiary/aromatic N) is 3. The van der Waals surface area contributed by atoms with Crippen molar-refractivity contribution in [2.45, 2.75) is 39.2 Å². The number of ether oxygens (including phenoxy) is 2. The monoisotopic (exact) mass is 495 g/mol. The summed E-state index contributed by atoms with van der Waals surface area (Å²) in [5.41, 5.74) is 1.18. The average molecular weight is 496 g/mol. The van der Waals surface area contributed by atoms with Crippen LogP contribution in [0.3, 0.4) is 0 Å². The first-order valence-corrected chi connectivity index (χ1v) is 13.1. The summed E-state index contributed by atoms with van der Waals surface area (Å²) in [6, 6.07) is 8.08. The minimum atomic E-state index is -0.995. The third kappa shape index (κ3) is 4.09. The third-order valence-electron chi connectivity index (χ3n) is 8.60. The Hall–Kier alpha value is -2.87. The molecule has 2 amide bonds. The van der Waals surface area contributed by atoms with Crippen molar-refractivity contribution < 1.29 is 23.9 Å². The van der Waals surface area contributed by atoms with Gasteiger partial charge in [0.2, 0.25) is 11.8 Å². The minimum absolute atomic E-state index is 0.0388. The summed E-state index contributed by atoms with van der Waals surface area (Å²) in [5.74, 6) is -0.573. The summed E-state index contributed by atoms with van der Waals surface area (Å²) < 4.78 is 11.3. The van der Waals surface area contributed by atoms with Gasteiger partial charge in [-0.25, -0.2) is 0 Å². The van der Waals surface area contributed by atoms with Crippen LogP contribution in [-0.2, 0) is 19.1 Å². The first kappa shape index (κ1) is 24.8. The smallest absolute Gasteiger partial charge is 0.303 e. The van der Waals surface area contributed by atoms with Gasteiger partial charge in [-0.05, 0) is 56.4 Å². The van der Waals surface area contributed by atoms with Gasteiger partial charge in [0.15, 0.2) is 0 Å². The van der Waals surface area contributed by atoms with Crippen LogP contribution in [0.25, 0.3) is 0 Å². The van der Waals surface area contributed by atoms with Crippen LogP contribution in [0, 0.1) is 23.7 Å². The van der Waals surface area contributed by atoms with Gasteiger partial charge in [-0.2, -0.15) is 0 Å². The number of esters is 1. The summed E-state index contributed by atoms with van der Waals surface area (Å²) in [7, 11) is 1.70. The van der Waals surface area contributed by atoms with E-state index in [1.807, 2.05) is 31.2 Å². The molecule has 1 aromatic rings. The zero-order valence-electron chi connectivity index (χ0n) is 21.7. The van der Waals surface area contributed by atoms with E-state index in [2.05, 4.69) is 22.8 Å². The van der Waals surface area contributed by atoms with Crippen LogP contribution in [0.1, 0.15) is 33.6 Å². The predicted molar refractivity (Wildman–Crippen MR) is 135 cm³/mol. The number of piperazine rings is 1. The van der Waals surface area contributed by atoms with Crippen molar-refractivity contribution in [1.82, 2.24) is 9.80 Å². The molecule has 0 radical (unpaired) electrons. The van der Waals surface area contributed by atoms with E-state index in [1.54, 1.807) is 7.11 Å². The number of methoxy groups -OCH3 is 1. The van der Waals surface area contributed by atoms with Crippen molar-refractivity contribution in [1.29, 1.82) is 0 Å². The fraction of sp³-hybridized carbons (Fsp3) is 0.607. The van der Waals surface area contributed by atoms with Gasteiger partial charge in [0, 0.05) is 39.6 Å². The molecule has 3 aliphatic carbocycles. The number of anilines is 1. The Balaban J connectivity index is 1.20. The molecule has 3 unspecified atom stereocenters. The van der Waals surface area contributed by atoms with Crippen LogP contribution in [0.15, 0.2) is 35.9 Å².